The van der Waals surface area contributed by atoms with E-state index in [4.69, 9.17) is 16.9 Å². The molecule has 1 N–H and O–H groups in total. The molecule has 1 unspecified atom stereocenters. The van der Waals surface area contributed by atoms with E-state index in [1.54, 1.807) is 18.2 Å². The Hall–Kier alpha value is -1.73. The van der Waals surface area contributed by atoms with E-state index in [1.807, 2.05) is 17.9 Å². The van der Waals surface area contributed by atoms with E-state index in [2.05, 4.69) is 5.32 Å². The minimum atomic E-state index is -0.321. The SMILES string of the molecule is CC(Nc1ccc(C#N)cc1Cl)C(=O)N1CCCCC1. The molecule has 1 amide bonds. The van der Waals surface area contributed by atoms with Crippen molar-refractivity contribution < 1.29 is 4.79 Å². The zero-order chi connectivity index (χ0) is 14.5. The second kappa shape index (κ2) is 6.62. The topological polar surface area (TPSA) is 56.1 Å². The van der Waals surface area contributed by atoms with Crippen LogP contribution >= 0.6 is 11.6 Å². The summed E-state index contributed by atoms with van der Waals surface area (Å²) in [7, 11) is 0. The van der Waals surface area contributed by atoms with Gasteiger partial charge >= 0.3 is 0 Å². The van der Waals surface area contributed by atoms with Gasteiger partial charge in [-0.3, -0.25) is 4.79 Å². The van der Waals surface area contributed by atoms with E-state index in [1.165, 1.54) is 6.42 Å². The lowest BCUT2D eigenvalue weighted by molar-refractivity contribution is -0.132. The molecule has 4 nitrogen and oxygen atoms in total. The van der Waals surface area contributed by atoms with Crippen LogP contribution in [0.25, 0.3) is 0 Å². The number of anilines is 1. The van der Waals surface area contributed by atoms with Crippen LogP contribution in [-0.2, 0) is 4.79 Å². The average molecular weight is 292 g/mol. The Morgan fingerprint density at radius 3 is 2.70 bits per heavy atom. The lowest BCUT2D eigenvalue weighted by Gasteiger charge is -2.29. The molecule has 1 atom stereocenters. The highest BCUT2D eigenvalue weighted by atomic mass is 35.5. The number of hydrogen-bond donors (Lipinski definition) is 1. The number of nitrogens with zero attached hydrogens (tertiary/aromatic N) is 2. The third-order valence-electron chi connectivity index (χ3n) is 3.51. The molecular formula is C15H18ClN3O. The third-order valence-corrected chi connectivity index (χ3v) is 3.82. The maximum atomic E-state index is 12.3. The Balaban J connectivity index is 2.02. The van der Waals surface area contributed by atoms with Gasteiger partial charge < -0.3 is 10.2 Å². The minimum absolute atomic E-state index is 0.102. The summed E-state index contributed by atoms with van der Waals surface area (Å²) in [4.78, 5) is 14.2. The Morgan fingerprint density at radius 2 is 2.10 bits per heavy atom. The quantitative estimate of drug-likeness (QED) is 0.931. The summed E-state index contributed by atoms with van der Waals surface area (Å²) in [6, 6.07) is 6.74. The molecule has 1 aliphatic heterocycles. The molecule has 1 saturated heterocycles. The zero-order valence-electron chi connectivity index (χ0n) is 11.5. The molecule has 0 saturated carbocycles. The average Bonchev–Trinajstić information content (AvgIpc) is 2.49. The predicted molar refractivity (Wildman–Crippen MR) is 79.7 cm³/mol. The number of nitrogens with one attached hydrogen (secondary N) is 1. The molecule has 5 heteroatoms. The van der Waals surface area contributed by atoms with Gasteiger partial charge in [-0.1, -0.05) is 11.6 Å². The van der Waals surface area contributed by atoms with Gasteiger partial charge in [0.05, 0.1) is 22.3 Å². The van der Waals surface area contributed by atoms with Gasteiger partial charge in [0.25, 0.3) is 0 Å². The molecule has 106 valence electrons. The van der Waals surface area contributed by atoms with Crippen molar-refractivity contribution >= 4 is 23.2 Å². The van der Waals surface area contributed by atoms with E-state index >= 15 is 0 Å². The van der Waals surface area contributed by atoms with Crippen molar-refractivity contribution in [2.45, 2.75) is 32.2 Å². The number of hydrogen-bond acceptors (Lipinski definition) is 3. The van der Waals surface area contributed by atoms with Crippen molar-refractivity contribution in [3.63, 3.8) is 0 Å². The van der Waals surface area contributed by atoms with Crippen LogP contribution in [0.5, 0.6) is 0 Å². The molecule has 1 aliphatic rings. The molecule has 1 aromatic carbocycles. The molecule has 2 rings (SSSR count). The van der Waals surface area contributed by atoms with Gasteiger partial charge in [-0.25, -0.2) is 0 Å². The Bertz CT molecular complexity index is 532. The summed E-state index contributed by atoms with van der Waals surface area (Å²) in [5.74, 6) is 0.102. The second-order valence-corrected chi connectivity index (χ2v) is 5.47. The van der Waals surface area contributed by atoms with Gasteiger partial charge in [-0.05, 0) is 44.4 Å². The predicted octanol–water partition coefficient (Wildman–Crippen LogP) is 3.02. The van der Waals surface area contributed by atoms with Gasteiger partial charge in [0.2, 0.25) is 5.91 Å². The van der Waals surface area contributed by atoms with E-state index in [0.29, 0.717) is 16.3 Å². The smallest absolute Gasteiger partial charge is 0.244 e. The van der Waals surface area contributed by atoms with Gasteiger partial charge in [-0.2, -0.15) is 5.26 Å². The number of likely N-dealkylation sites (tertiary alicyclic amines) is 1. The molecular weight excluding hydrogens is 274 g/mol. The maximum absolute atomic E-state index is 12.3. The molecule has 1 heterocycles. The largest absolute Gasteiger partial charge is 0.373 e. The van der Waals surface area contributed by atoms with E-state index in [-0.39, 0.29) is 11.9 Å². The molecule has 0 spiro atoms. The van der Waals surface area contributed by atoms with Crippen LogP contribution < -0.4 is 5.32 Å². The molecule has 1 aromatic rings. The van der Waals surface area contributed by atoms with Crippen molar-refractivity contribution in [3.05, 3.63) is 28.8 Å². The fourth-order valence-corrected chi connectivity index (χ4v) is 2.62. The fourth-order valence-electron chi connectivity index (χ4n) is 2.38. The first-order valence-electron chi connectivity index (χ1n) is 6.87. The number of benzene rings is 1. The first kappa shape index (κ1) is 14.7. The number of carbonyl (C=O) groups is 1. The van der Waals surface area contributed by atoms with Crippen LogP contribution in [0.15, 0.2) is 18.2 Å². The van der Waals surface area contributed by atoms with Crippen LogP contribution in [0.2, 0.25) is 5.02 Å². The highest BCUT2D eigenvalue weighted by Crippen LogP contribution is 2.24. The molecule has 0 bridgehead atoms. The second-order valence-electron chi connectivity index (χ2n) is 5.06. The molecule has 1 fully saturated rings. The van der Waals surface area contributed by atoms with Crippen LogP contribution in [-0.4, -0.2) is 29.9 Å². The number of piperidine rings is 1. The summed E-state index contributed by atoms with van der Waals surface area (Å²) in [5.41, 5.74) is 1.19. The summed E-state index contributed by atoms with van der Waals surface area (Å²) >= 11 is 6.10. The molecule has 0 aromatic heterocycles. The summed E-state index contributed by atoms with van der Waals surface area (Å²) in [6.07, 6.45) is 3.36. The molecule has 20 heavy (non-hydrogen) atoms. The summed E-state index contributed by atoms with van der Waals surface area (Å²) in [5, 5.41) is 12.4. The van der Waals surface area contributed by atoms with Gasteiger partial charge in [0.15, 0.2) is 0 Å². The number of halogens is 1. The highest BCUT2D eigenvalue weighted by molar-refractivity contribution is 6.33. The summed E-state index contributed by atoms with van der Waals surface area (Å²) in [6.45, 7) is 3.52. The normalized spacial score (nSPS) is 16.4. The van der Waals surface area contributed by atoms with Crippen molar-refractivity contribution in [3.8, 4) is 6.07 Å². The van der Waals surface area contributed by atoms with Crippen molar-refractivity contribution in [1.29, 1.82) is 5.26 Å². The first-order valence-corrected chi connectivity index (χ1v) is 7.24. The van der Waals surface area contributed by atoms with E-state index < -0.39 is 0 Å². The van der Waals surface area contributed by atoms with Gasteiger partial charge in [-0.15, -0.1) is 0 Å². The van der Waals surface area contributed by atoms with Crippen LogP contribution in [0, 0.1) is 11.3 Å². The van der Waals surface area contributed by atoms with Crippen LogP contribution in [0.3, 0.4) is 0 Å². The summed E-state index contributed by atoms with van der Waals surface area (Å²) < 4.78 is 0. The fraction of sp³-hybridized carbons (Fsp3) is 0.467. The monoisotopic (exact) mass is 291 g/mol. The van der Waals surface area contributed by atoms with Crippen molar-refractivity contribution in [2.24, 2.45) is 0 Å². The molecule has 0 aliphatic carbocycles. The Labute approximate surface area is 124 Å². The molecule has 0 radical (unpaired) electrons. The Morgan fingerprint density at radius 1 is 1.40 bits per heavy atom. The number of rotatable bonds is 3. The number of carbonyl (C=O) groups excluding carboxylic acids is 1. The van der Waals surface area contributed by atoms with Gasteiger partial charge in [0, 0.05) is 13.1 Å². The van der Waals surface area contributed by atoms with E-state index in [9.17, 15) is 4.79 Å². The lowest BCUT2D eigenvalue weighted by atomic mass is 10.1. The minimum Gasteiger partial charge on any atom is -0.373 e. The van der Waals surface area contributed by atoms with Gasteiger partial charge in [0.1, 0.15) is 6.04 Å². The third kappa shape index (κ3) is 3.43. The maximum Gasteiger partial charge on any atom is 0.244 e. The Kier molecular flexibility index (Phi) is 4.86. The number of amides is 1. The van der Waals surface area contributed by atoms with Crippen molar-refractivity contribution in [1.82, 2.24) is 4.90 Å². The lowest BCUT2D eigenvalue weighted by Crippen LogP contribution is -2.43. The number of nitriles is 1. The van der Waals surface area contributed by atoms with Crippen LogP contribution in [0.1, 0.15) is 31.7 Å². The zero-order valence-corrected chi connectivity index (χ0v) is 12.3. The first-order chi connectivity index (χ1) is 9.61. The highest BCUT2D eigenvalue weighted by Gasteiger charge is 2.22. The van der Waals surface area contributed by atoms with Crippen LogP contribution in [0.4, 0.5) is 5.69 Å². The van der Waals surface area contributed by atoms with Crippen molar-refractivity contribution in [2.75, 3.05) is 18.4 Å². The van der Waals surface area contributed by atoms with E-state index in [0.717, 1.165) is 25.9 Å². The standard InChI is InChI=1S/C15H18ClN3O/c1-11(15(20)19-7-3-2-4-8-19)18-14-6-5-12(10-17)9-13(14)16/h5-6,9,11,18H,2-4,7-8H2,1H3.